The molecule has 0 atom stereocenters. The van der Waals surface area contributed by atoms with Crippen LogP contribution in [0, 0.1) is 11.6 Å². The molecule has 8 heteroatoms. The topological polar surface area (TPSA) is 70.2 Å². The zero-order valence-electron chi connectivity index (χ0n) is 17.5. The van der Waals surface area contributed by atoms with Gasteiger partial charge in [0.2, 0.25) is 5.95 Å². The van der Waals surface area contributed by atoms with Crippen molar-refractivity contribution in [3.05, 3.63) is 59.7 Å². The maximum absolute atomic E-state index is 13.8. The Hall–Kier alpha value is -3.29. The molecule has 1 fully saturated rings. The van der Waals surface area contributed by atoms with Crippen LogP contribution in [0.3, 0.4) is 0 Å². The Morgan fingerprint density at radius 3 is 2.42 bits per heavy atom. The number of benzene rings is 2. The molecular formula is C23H25F2N5O. The number of fused-ring (bicyclic) bond motifs is 1. The van der Waals surface area contributed by atoms with Crippen LogP contribution in [0.2, 0.25) is 0 Å². The number of rotatable bonds is 5. The second kappa shape index (κ2) is 8.83. The van der Waals surface area contributed by atoms with Gasteiger partial charge in [-0.25, -0.2) is 13.8 Å². The highest BCUT2D eigenvalue weighted by Gasteiger charge is 2.25. The van der Waals surface area contributed by atoms with Crippen molar-refractivity contribution in [2.75, 3.05) is 24.3 Å². The van der Waals surface area contributed by atoms with Gasteiger partial charge >= 0.3 is 0 Å². The second-order valence-corrected chi connectivity index (χ2v) is 8.05. The summed E-state index contributed by atoms with van der Waals surface area (Å²) in [5, 5.41) is 7.24. The third-order valence-electron chi connectivity index (χ3n) is 5.60. The summed E-state index contributed by atoms with van der Waals surface area (Å²) in [6.07, 6.45) is 3.08. The number of amides is 1. The van der Waals surface area contributed by atoms with E-state index < -0.39 is 17.5 Å². The maximum atomic E-state index is 13.8. The molecule has 2 aromatic carbocycles. The van der Waals surface area contributed by atoms with Crippen molar-refractivity contribution in [3.63, 3.8) is 0 Å². The Morgan fingerprint density at radius 2 is 1.68 bits per heavy atom. The van der Waals surface area contributed by atoms with Gasteiger partial charge in [-0.1, -0.05) is 18.2 Å². The van der Waals surface area contributed by atoms with Gasteiger partial charge in [0.25, 0.3) is 5.91 Å². The number of anilines is 2. The predicted octanol–water partition coefficient (Wildman–Crippen LogP) is 4.13. The minimum atomic E-state index is -1.11. The summed E-state index contributed by atoms with van der Waals surface area (Å²) < 4.78 is 27.2. The van der Waals surface area contributed by atoms with Crippen LogP contribution in [0.1, 0.15) is 36.0 Å². The first-order chi connectivity index (χ1) is 14.9. The molecule has 31 heavy (non-hydrogen) atoms. The lowest BCUT2D eigenvalue weighted by molar-refractivity contribution is 0.0921. The summed E-state index contributed by atoms with van der Waals surface area (Å²) in [4.78, 5) is 23.6. The van der Waals surface area contributed by atoms with Crippen molar-refractivity contribution in [3.8, 4) is 0 Å². The number of nitrogens with zero attached hydrogens (tertiary/aromatic N) is 3. The molecule has 0 bridgehead atoms. The average molecular weight is 425 g/mol. The summed E-state index contributed by atoms with van der Waals surface area (Å²) in [6.45, 7) is 0. The molecule has 1 aromatic heterocycles. The number of aromatic nitrogens is 2. The molecule has 0 aliphatic heterocycles. The highest BCUT2D eigenvalue weighted by atomic mass is 19.2. The van der Waals surface area contributed by atoms with Gasteiger partial charge < -0.3 is 15.5 Å². The highest BCUT2D eigenvalue weighted by molar-refractivity contribution is 5.94. The quantitative estimate of drug-likeness (QED) is 0.643. The number of carbonyl (C=O) groups is 1. The monoisotopic (exact) mass is 425 g/mol. The Bertz CT molecular complexity index is 1100. The molecule has 1 saturated carbocycles. The fraction of sp³-hybridized carbons (Fsp3) is 0.348. The van der Waals surface area contributed by atoms with Crippen LogP contribution in [0.15, 0.2) is 42.5 Å². The van der Waals surface area contributed by atoms with Gasteiger partial charge in [0, 0.05) is 31.6 Å². The van der Waals surface area contributed by atoms with Crippen LogP contribution in [0.25, 0.3) is 10.9 Å². The van der Waals surface area contributed by atoms with E-state index in [1.54, 1.807) is 0 Å². The standard InChI is InChI=1S/C23H25F2N5O/c1-30(2)21-16-6-3-4-9-19(16)28-23(29-21)27-15-12-10-14(11-13-15)26-22(31)17-7-5-8-18(24)20(17)25/h3-9,14-15H,10-13H2,1-2H3,(H,26,31)(H,27,28,29)/t14-,15+. The largest absolute Gasteiger partial charge is 0.362 e. The van der Waals surface area contributed by atoms with E-state index >= 15 is 0 Å². The molecule has 1 aliphatic carbocycles. The number of para-hydroxylation sites is 1. The van der Waals surface area contributed by atoms with Crippen molar-refractivity contribution >= 4 is 28.6 Å². The Balaban J connectivity index is 1.38. The molecule has 0 spiro atoms. The number of hydrogen-bond donors (Lipinski definition) is 2. The first kappa shape index (κ1) is 21.0. The minimum Gasteiger partial charge on any atom is -0.362 e. The van der Waals surface area contributed by atoms with E-state index in [-0.39, 0.29) is 17.6 Å². The third-order valence-corrected chi connectivity index (χ3v) is 5.60. The number of hydrogen-bond acceptors (Lipinski definition) is 5. The molecule has 162 valence electrons. The van der Waals surface area contributed by atoms with Crippen molar-refractivity contribution in [1.29, 1.82) is 0 Å². The smallest absolute Gasteiger partial charge is 0.254 e. The van der Waals surface area contributed by atoms with Gasteiger partial charge in [-0.05, 0) is 49.9 Å². The molecule has 4 rings (SSSR count). The number of nitrogens with one attached hydrogen (secondary N) is 2. The fourth-order valence-corrected chi connectivity index (χ4v) is 3.97. The Kier molecular flexibility index (Phi) is 5.97. The molecule has 1 aliphatic rings. The van der Waals surface area contributed by atoms with Gasteiger partial charge in [-0.3, -0.25) is 4.79 Å². The molecule has 1 amide bonds. The lowest BCUT2D eigenvalue weighted by Crippen LogP contribution is -2.40. The number of halogens is 2. The van der Waals surface area contributed by atoms with Crippen LogP contribution >= 0.6 is 0 Å². The third kappa shape index (κ3) is 4.57. The van der Waals surface area contributed by atoms with E-state index in [4.69, 9.17) is 0 Å². The zero-order valence-corrected chi connectivity index (χ0v) is 17.5. The van der Waals surface area contributed by atoms with Crippen LogP contribution < -0.4 is 15.5 Å². The highest BCUT2D eigenvalue weighted by Crippen LogP contribution is 2.26. The summed E-state index contributed by atoms with van der Waals surface area (Å²) in [5.74, 6) is -1.28. The van der Waals surface area contributed by atoms with Crippen molar-refractivity contribution in [2.24, 2.45) is 0 Å². The molecule has 0 radical (unpaired) electrons. The first-order valence-corrected chi connectivity index (χ1v) is 10.4. The van der Waals surface area contributed by atoms with Gasteiger partial charge in [0.1, 0.15) is 5.82 Å². The van der Waals surface area contributed by atoms with Crippen LogP contribution in [-0.2, 0) is 0 Å². The van der Waals surface area contributed by atoms with Gasteiger partial charge in [-0.15, -0.1) is 0 Å². The van der Waals surface area contributed by atoms with E-state index in [0.29, 0.717) is 5.95 Å². The number of carbonyl (C=O) groups excluding carboxylic acids is 1. The average Bonchev–Trinajstić information content (AvgIpc) is 2.76. The Labute approximate surface area is 179 Å². The maximum Gasteiger partial charge on any atom is 0.254 e. The van der Waals surface area contributed by atoms with Crippen LogP contribution in [-0.4, -0.2) is 42.1 Å². The lowest BCUT2D eigenvalue weighted by Gasteiger charge is -2.30. The summed E-state index contributed by atoms with van der Waals surface area (Å²) in [6, 6.07) is 11.6. The van der Waals surface area contributed by atoms with Crippen LogP contribution in [0.4, 0.5) is 20.5 Å². The molecule has 2 N–H and O–H groups in total. The van der Waals surface area contributed by atoms with E-state index in [9.17, 15) is 13.6 Å². The van der Waals surface area contributed by atoms with E-state index in [0.717, 1.165) is 48.5 Å². The molecular weight excluding hydrogens is 400 g/mol. The first-order valence-electron chi connectivity index (χ1n) is 10.4. The van der Waals surface area contributed by atoms with E-state index in [2.05, 4.69) is 20.6 Å². The summed E-state index contributed by atoms with van der Waals surface area (Å²) in [5.41, 5.74) is 0.614. The van der Waals surface area contributed by atoms with E-state index in [1.807, 2.05) is 43.3 Å². The molecule has 1 heterocycles. The normalized spacial score (nSPS) is 18.6. The summed E-state index contributed by atoms with van der Waals surface area (Å²) in [7, 11) is 3.90. The predicted molar refractivity (Wildman–Crippen MR) is 117 cm³/mol. The van der Waals surface area contributed by atoms with Crippen LogP contribution in [0.5, 0.6) is 0 Å². The SMILES string of the molecule is CN(C)c1nc(N[C@H]2CC[C@@H](NC(=O)c3cccc(F)c3F)CC2)nc2ccccc12. The molecule has 6 nitrogen and oxygen atoms in total. The molecule has 3 aromatic rings. The van der Waals surface area contributed by atoms with Gasteiger partial charge in [0.05, 0.1) is 11.1 Å². The van der Waals surface area contributed by atoms with E-state index in [1.165, 1.54) is 12.1 Å². The lowest BCUT2D eigenvalue weighted by atomic mass is 9.91. The van der Waals surface area contributed by atoms with Gasteiger partial charge in [0.15, 0.2) is 11.6 Å². The second-order valence-electron chi connectivity index (χ2n) is 8.05. The van der Waals surface area contributed by atoms with Crippen molar-refractivity contribution in [2.45, 2.75) is 37.8 Å². The van der Waals surface area contributed by atoms with Crippen molar-refractivity contribution < 1.29 is 13.6 Å². The molecule has 0 saturated heterocycles. The van der Waals surface area contributed by atoms with Gasteiger partial charge in [-0.2, -0.15) is 4.98 Å². The Morgan fingerprint density at radius 1 is 0.968 bits per heavy atom. The minimum absolute atomic E-state index is 0.0805. The fourth-order valence-electron chi connectivity index (χ4n) is 3.97. The zero-order chi connectivity index (χ0) is 22.0. The summed E-state index contributed by atoms with van der Waals surface area (Å²) >= 11 is 0. The van der Waals surface area contributed by atoms with Crippen molar-refractivity contribution in [1.82, 2.24) is 15.3 Å². The molecule has 0 unspecified atom stereocenters.